The fraction of sp³-hybridized carbons (Fsp3) is 0.600. The minimum atomic E-state index is 0.325. The maximum Gasteiger partial charge on any atom is 0.203 e. The molecule has 1 fully saturated rings. The fourth-order valence-electron chi connectivity index (χ4n) is 2.62. The van der Waals surface area contributed by atoms with E-state index in [9.17, 15) is 0 Å². The quantitative estimate of drug-likeness (QED) is 0.889. The van der Waals surface area contributed by atoms with Gasteiger partial charge in [-0.3, -0.25) is 4.90 Å². The van der Waals surface area contributed by atoms with Crippen LogP contribution in [0.5, 0.6) is 17.2 Å². The van der Waals surface area contributed by atoms with Gasteiger partial charge in [0.15, 0.2) is 11.5 Å². The van der Waals surface area contributed by atoms with Gasteiger partial charge in [-0.05, 0) is 24.6 Å². The van der Waals surface area contributed by atoms with Crippen molar-refractivity contribution in [3.8, 4) is 17.2 Å². The lowest BCUT2D eigenvalue weighted by Gasteiger charge is -2.33. The van der Waals surface area contributed by atoms with E-state index >= 15 is 0 Å². The lowest BCUT2D eigenvalue weighted by molar-refractivity contribution is 0.185. The number of hydrogen-bond acceptors (Lipinski definition) is 5. The number of ether oxygens (including phenoxy) is 3. The molecule has 0 aromatic heterocycles. The van der Waals surface area contributed by atoms with Crippen molar-refractivity contribution in [1.82, 2.24) is 10.2 Å². The van der Waals surface area contributed by atoms with E-state index in [1.807, 2.05) is 12.1 Å². The van der Waals surface area contributed by atoms with Crippen molar-refractivity contribution in [3.63, 3.8) is 0 Å². The van der Waals surface area contributed by atoms with E-state index in [1.54, 1.807) is 21.3 Å². The Kier molecular flexibility index (Phi) is 5.09. The van der Waals surface area contributed by atoms with Crippen LogP contribution in [0.4, 0.5) is 0 Å². The first kappa shape index (κ1) is 14.9. The van der Waals surface area contributed by atoms with Crippen LogP contribution in [-0.4, -0.2) is 52.4 Å². The first-order chi connectivity index (χ1) is 9.71. The summed E-state index contributed by atoms with van der Waals surface area (Å²) in [4.78, 5) is 2.46. The average molecular weight is 280 g/mol. The largest absolute Gasteiger partial charge is 0.493 e. The molecule has 1 aromatic carbocycles. The Morgan fingerprint density at radius 2 is 1.55 bits per heavy atom. The van der Waals surface area contributed by atoms with Crippen molar-refractivity contribution in [2.75, 3.05) is 47.5 Å². The zero-order valence-corrected chi connectivity index (χ0v) is 12.7. The minimum absolute atomic E-state index is 0.325. The van der Waals surface area contributed by atoms with Crippen LogP contribution >= 0.6 is 0 Å². The predicted octanol–water partition coefficient (Wildman–Crippen LogP) is 1.68. The zero-order chi connectivity index (χ0) is 14.5. The molecule has 1 heterocycles. The molecule has 1 N–H and O–H groups in total. The normalized spacial score (nSPS) is 17.6. The summed E-state index contributed by atoms with van der Waals surface area (Å²) >= 11 is 0. The molecule has 1 unspecified atom stereocenters. The van der Waals surface area contributed by atoms with Crippen molar-refractivity contribution < 1.29 is 14.2 Å². The predicted molar refractivity (Wildman–Crippen MR) is 79.0 cm³/mol. The third kappa shape index (κ3) is 2.99. The summed E-state index contributed by atoms with van der Waals surface area (Å²) < 4.78 is 16.2. The van der Waals surface area contributed by atoms with Gasteiger partial charge in [0.05, 0.1) is 21.3 Å². The van der Waals surface area contributed by atoms with Crippen LogP contribution in [0.1, 0.15) is 18.5 Å². The molecular formula is C15H24N2O3. The Labute approximate surface area is 120 Å². The Morgan fingerprint density at radius 1 is 1.00 bits per heavy atom. The standard InChI is InChI=1S/C15H24N2O3/c1-11(17-7-5-16-6-8-17)12-9-13(18-2)15(20-4)14(10-12)19-3/h9-11,16H,5-8H2,1-4H3. The SMILES string of the molecule is COc1cc(C(C)N2CCNCC2)cc(OC)c1OC. The van der Waals surface area contributed by atoms with E-state index in [2.05, 4.69) is 17.1 Å². The summed E-state index contributed by atoms with van der Waals surface area (Å²) in [6, 6.07) is 4.40. The zero-order valence-electron chi connectivity index (χ0n) is 12.7. The van der Waals surface area contributed by atoms with Crippen molar-refractivity contribution in [3.05, 3.63) is 17.7 Å². The summed E-state index contributed by atoms with van der Waals surface area (Å²) in [5.74, 6) is 2.07. The second-order valence-electron chi connectivity index (χ2n) is 4.92. The Bertz CT molecular complexity index is 420. The van der Waals surface area contributed by atoms with Gasteiger partial charge in [-0.25, -0.2) is 0 Å². The number of nitrogens with zero attached hydrogens (tertiary/aromatic N) is 1. The molecule has 0 saturated carbocycles. The van der Waals surface area contributed by atoms with Gasteiger partial charge in [0.25, 0.3) is 0 Å². The van der Waals surface area contributed by atoms with Crippen molar-refractivity contribution in [2.45, 2.75) is 13.0 Å². The van der Waals surface area contributed by atoms with Gasteiger partial charge in [-0.15, -0.1) is 0 Å². The summed E-state index contributed by atoms with van der Waals surface area (Å²) in [5, 5.41) is 3.37. The molecule has 1 atom stereocenters. The van der Waals surface area contributed by atoms with Gasteiger partial charge >= 0.3 is 0 Å². The lowest BCUT2D eigenvalue weighted by Crippen LogP contribution is -2.44. The number of benzene rings is 1. The van der Waals surface area contributed by atoms with Gasteiger partial charge in [-0.1, -0.05) is 0 Å². The Hall–Kier alpha value is -1.46. The summed E-state index contributed by atoms with van der Waals surface area (Å²) in [6.45, 7) is 6.39. The molecule has 1 aliphatic heterocycles. The number of piperazine rings is 1. The highest BCUT2D eigenvalue weighted by Crippen LogP contribution is 2.40. The molecule has 1 saturated heterocycles. The van der Waals surface area contributed by atoms with Crippen molar-refractivity contribution in [1.29, 1.82) is 0 Å². The monoisotopic (exact) mass is 280 g/mol. The third-order valence-electron chi connectivity index (χ3n) is 3.87. The van der Waals surface area contributed by atoms with Crippen molar-refractivity contribution in [2.24, 2.45) is 0 Å². The van der Waals surface area contributed by atoms with E-state index in [1.165, 1.54) is 5.56 Å². The van der Waals surface area contributed by atoms with Crippen LogP contribution < -0.4 is 19.5 Å². The van der Waals surface area contributed by atoms with E-state index < -0.39 is 0 Å². The molecule has 5 heteroatoms. The molecule has 0 amide bonds. The van der Waals surface area contributed by atoms with Crippen LogP contribution in [0.25, 0.3) is 0 Å². The van der Waals surface area contributed by atoms with Gasteiger partial charge in [-0.2, -0.15) is 0 Å². The highest BCUT2D eigenvalue weighted by atomic mass is 16.5. The van der Waals surface area contributed by atoms with Gasteiger partial charge in [0.2, 0.25) is 5.75 Å². The Balaban J connectivity index is 2.30. The summed E-state index contributed by atoms with van der Waals surface area (Å²) in [6.07, 6.45) is 0. The molecule has 112 valence electrons. The molecular weight excluding hydrogens is 256 g/mol. The topological polar surface area (TPSA) is 43.0 Å². The van der Waals surface area contributed by atoms with Gasteiger partial charge in [0.1, 0.15) is 0 Å². The van der Waals surface area contributed by atoms with E-state index in [0.29, 0.717) is 23.3 Å². The third-order valence-corrected chi connectivity index (χ3v) is 3.87. The number of rotatable bonds is 5. The van der Waals surface area contributed by atoms with Crippen LogP contribution in [0.3, 0.4) is 0 Å². The summed E-state index contributed by atoms with van der Waals surface area (Å²) in [5.41, 5.74) is 1.18. The minimum Gasteiger partial charge on any atom is -0.493 e. The van der Waals surface area contributed by atoms with E-state index in [-0.39, 0.29) is 0 Å². The van der Waals surface area contributed by atoms with Crippen LogP contribution in [-0.2, 0) is 0 Å². The Morgan fingerprint density at radius 3 is 2.00 bits per heavy atom. The maximum absolute atomic E-state index is 5.42. The van der Waals surface area contributed by atoms with Gasteiger partial charge in [0, 0.05) is 32.2 Å². The van der Waals surface area contributed by atoms with E-state index in [4.69, 9.17) is 14.2 Å². The molecule has 20 heavy (non-hydrogen) atoms. The second kappa shape index (κ2) is 6.81. The molecule has 0 aliphatic carbocycles. The second-order valence-corrected chi connectivity index (χ2v) is 4.92. The maximum atomic E-state index is 5.42. The number of hydrogen-bond donors (Lipinski definition) is 1. The number of nitrogens with one attached hydrogen (secondary N) is 1. The molecule has 0 spiro atoms. The molecule has 0 bridgehead atoms. The first-order valence-electron chi connectivity index (χ1n) is 6.96. The average Bonchev–Trinajstić information content (AvgIpc) is 2.53. The van der Waals surface area contributed by atoms with Crippen molar-refractivity contribution >= 4 is 0 Å². The molecule has 1 aromatic rings. The van der Waals surface area contributed by atoms with Gasteiger partial charge < -0.3 is 19.5 Å². The number of methoxy groups -OCH3 is 3. The van der Waals surface area contributed by atoms with Crippen LogP contribution in [0, 0.1) is 0 Å². The molecule has 2 rings (SSSR count). The van der Waals surface area contributed by atoms with E-state index in [0.717, 1.165) is 26.2 Å². The van der Waals surface area contributed by atoms with Crippen LogP contribution in [0.15, 0.2) is 12.1 Å². The van der Waals surface area contributed by atoms with Crippen LogP contribution in [0.2, 0.25) is 0 Å². The fourth-order valence-corrected chi connectivity index (χ4v) is 2.62. The molecule has 5 nitrogen and oxygen atoms in total. The molecule has 0 radical (unpaired) electrons. The first-order valence-corrected chi connectivity index (χ1v) is 6.96. The molecule has 1 aliphatic rings. The summed E-state index contributed by atoms with van der Waals surface area (Å²) in [7, 11) is 4.92. The highest BCUT2D eigenvalue weighted by Gasteiger charge is 2.21. The lowest BCUT2D eigenvalue weighted by atomic mass is 10.0. The smallest absolute Gasteiger partial charge is 0.203 e. The highest BCUT2D eigenvalue weighted by molar-refractivity contribution is 5.54.